The van der Waals surface area contributed by atoms with Crippen LogP contribution >= 0.6 is 12.4 Å². The highest BCUT2D eigenvalue weighted by atomic mass is 35.5. The Hall–Kier alpha value is -0.710. The molecule has 0 spiro atoms. The van der Waals surface area contributed by atoms with Gasteiger partial charge in [0.25, 0.3) is 0 Å². The van der Waals surface area contributed by atoms with Crippen LogP contribution in [-0.4, -0.2) is 36.5 Å². The van der Waals surface area contributed by atoms with E-state index in [0.717, 1.165) is 12.6 Å². The fourth-order valence-corrected chi connectivity index (χ4v) is 3.06. The summed E-state index contributed by atoms with van der Waals surface area (Å²) in [6.45, 7) is 3.35. The van der Waals surface area contributed by atoms with Gasteiger partial charge < -0.3 is 5.32 Å². The lowest BCUT2D eigenvalue weighted by Gasteiger charge is -2.08. The Balaban J connectivity index is 0.00000361. The first kappa shape index (κ1) is 19.3. The van der Waals surface area contributed by atoms with Crippen molar-refractivity contribution in [2.75, 3.05) is 19.6 Å². The van der Waals surface area contributed by atoms with E-state index in [1.807, 2.05) is 6.92 Å². The zero-order chi connectivity index (χ0) is 14.5. The summed E-state index contributed by atoms with van der Waals surface area (Å²) in [5, 5.41) is 7.92. The number of halogens is 1. The summed E-state index contributed by atoms with van der Waals surface area (Å²) in [7, 11) is -7.65. The van der Waals surface area contributed by atoms with Gasteiger partial charge in [0.2, 0.25) is 20.0 Å². The van der Waals surface area contributed by atoms with E-state index in [-0.39, 0.29) is 28.7 Å². The number of rotatable bonds is 7. The second-order valence-corrected chi connectivity index (χ2v) is 7.10. The normalized spacial score (nSPS) is 11.9. The minimum atomic E-state index is -3.92. The maximum atomic E-state index is 11.9. The molecular formula is C10H18ClN3O4S2. The van der Waals surface area contributed by atoms with Crippen LogP contribution in [0.15, 0.2) is 34.1 Å². The average molecular weight is 344 g/mol. The molecule has 4 N–H and O–H groups in total. The Morgan fingerprint density at radius 3 is 2.25 bits per heavy atom. The smallest absolute Gasteiger partial charge is 0.240 e. The molecule has 0 aromatic heterocycles. The topological polar surface area (TPSA) is 118 Å². The third-order valence-corrected chi connectivity index (χ3v) is 4.66. The molecule has 0 unspecified atom stereocenters. The molecule has 0 fully saturated rings. The molecule has 7 nitrogen and oxygen atoms in total. The highest BCUT2D eigenvalue weighted by molar-refractivity contribution is 7.90. The van der Waals surface area contributed by atoms with Gasteiger partial charge in [-0.25, -0.2) is 26.7 Å². The summed E-state index contributed by atoms with van der Waals surface area (Å²) >= 11 is 0. The maximum Gasteiger partial charge on any atom is 0.240 e. The van der Waals surface area contributed by atoms with Crippen molar-refractivity contribution in [3.05, 3.63) is 24.3 Å². The molecule has 0 radical (unpaired) electrons. The quantitative estimate of drug-likeness (QED) is 0.584. The van der Waals surface area contributed by atoms with Gasteiger partial charge in [0, 0.05) is 13.1 Å². The number of benzene rings is 1. The Bertz CT molecular complexity index is 632. The summed E-state index contributed by atoms with van der Waals surface area (Å²) in [6, 6.07) is 4.92. The van der Waals surface area contributed by atoms with Crippen LogP contribution in [0.3, 0.4) is 0 Å². The van der Waals surface area contributed by atoms with Crippen LogP contribution in [0.4, 0.5) is 0 Å². The minimum Gasteiger partial charge on any atom is -0.316 e. The Labute approximate surface area is 125 Å². The molecule has 1 rings (SSSR count). The SMILES string of the molecule is CCNCCNS(=O)(=O)c1cccc(S(N)(=O)=O)c1.Cl. The molecule has 0 amide bonds. The molecule has 1 aromatic rings. The number of primary sulfonamides is 1. The van der Waals surface area contributed by atoms with Gasteiger partial charge in [-0.05, 0) is 24.7 Å². The molecule has 0 aliphatic heterocycles. The summed E-state index contributed by atoms with van der Waals surface area (Å²) in [5.41, 5.74) is 0. The van der Waals surface area contributed by atoms with E-state index in [1.165, 1.54) is 18.2 Å². The summed E-state index contributed by atoms with van der Waals surface area (Å²) in [5.74, 6) is 0. The number of nitrogens with two attached hydrogens (primary N) is 1. The number of sulfonamides is 2. The number of nitrogens with one attached hydrogen (secondary N) is 2. The lowest BCUT2D eigenvalue weighted by Crippen LogP contribution is -2.31. The minimum absolute atomic E-state index is 0. The Morgan fingerprint density at radius 2 is 1.70 bits per heavy atom. The Morgan fingerprint density at radius 1 is 1.10 bits per heavy atom. The van der Waals surface area contributed by atoms with Crippen molar-refractivity contribution in [1.29, 1.82) is 0 Å². The van der Waals surface area contributed by atoms with Gasteiger partial charge in [0.15, 0.2) is 0 Å². The van der Waals surface area contributed by atoms with Gasteiger partial charge in [-0.3, -0.25) is 0 Å². The first-order chi connectivity index (χ1) is 8.77. The molecule has 0 atom stereocenters. The zero-order valence-corrected chi connectivity index (χ0v) is 13.3. The van der Waals surface area contributed by atoms with Gasteiger partial charge in [0.1, 0.15) is 0 Å². The monoisotopic (exact) mass is 343 g/mol. The molecule has 116 valence electrons. The van der Waals surface area contributed by atoms with Crippen molar-refractivity contribution in [3.63, 3.8) is 0 Å². The molecule has 0 saturated carbocycles. The molecule has 10 heteroatoms. The third-order valence-electron chi connectivity index (χ3n) is 2.29. The largest absolute Gasteiger partial charge is 0.316 e. The van der Waals surface area contributed by atoms with E-state index >= 15 is 0 Å². The van der Waals surface area contributed by atoms with Gasteiger partial charge in [-0.15, -0.1) is 12.4 Å². The summed E-state index contributed by atoms with van der Waals surface area (Å²) < 4.78 is 48.5. The third kappa shape index (κ3) is 5.73. The van der Waals surface area contributed by atoms with Gasteiger partial charge in [-0.2, -0.15) is 0 Å². The summed E-state index contributed by atoms with van der Waals surface area (Å²) in [4.78, 5) is -0.363. The van der Waals surface area contributed by atoms with Crippen LogP contribution in [0.5, 0.6) is 0 Å². The molecule has 0 bridgehead atoms. The lowest BCUT2D eigenvalue weighted by molar-refractivity contribution is 0.577. The van der Waals surface area contributed by atoms with E-state index in [4.69, 9.17) is 5.14 Å². The standard InChI is InChI=1S/C10H17N3O4S2.ClH/c1-2-12-6-7-13-19(16,17)10-5-3-4-9(8-10)18(11,14)15;/h3-5,8,12-13H,2,6-7H2,1H3,(H2,11,14,15);1H. The highest BCUT2D eigenvalue weighted by Gasteiger charge is 2.16. The fraction of sp³-hybridized carbons (Fsp3) is 0.400. The van der Waals surface area contributed by atoms with E-state index in [2.05, 4.69) is 10.0 Å². The van der Waals surface area contributed by atoms with E-state index < -0.39 is 20.0 Å². The second kappa shape index (κ2) is 7.91. The maximum absolute atomic E-state index is 11.9. The van der Waals surface area contributed by atoms with E-state index in [1.54, 1.807) is 0 Å². The van der Waals surface area contributed by atoms with Crippen LogP contribution in [0.25, 0.3) is 0 Å². The van der Waals surface area contributed by atoms with Crippen molar-refractivity contribution in [1.82, 2.24) is 10.0 Å². The first-order valence-corrected chi connectivity index (χ1v) is 8.63. The number of hydrogen-bond donors (Lipinski definition) is 3. The van der Waals surface area contributed by atoms with Crippen LogP contribution < -0.4 is 15.2 Å². The average Bonchev–Trinajstić information content (AvgIpc) is 2.34. The van der Waals surface area contributed by atoms with E-state index in [0.29, 0.717) is 6.54 Å². The van der Waals surface area contributed by atoms with Gasteiger partial charge in [0.05, 0.1) is 9.79 Å². The fourth-order valence-electron chi connectivity index (χ4n) is 1.35. The van der Waals surface area contributed by atoms with Crippen LogP contribution in [0, 0.1) is 0 Å². The molecule has 0 aliphatic carbocycles. The van der Waals surface area contributed by atoms with Crippen molar-refractivity contribution in [2.45, 2.75) is 16.7 Å². The first-order valence-electron chi connectivity index (χ1n) is 5.60. The van der Waals surface area contributed by atoms with E-state index in [9.17, 15) is 16.8 Å². The molecule has 0 aliphatic rings. The predicted molar refractivity (Wildman–Crippen MR) is 78.8 cm³/mol. The number of hydrogen-bond acceptors (Lipinski definition) is 5. The molecular weight excluding hydrogens is 326 g/mol. The lowest BCUT2D eigenvalue weighted by atomic mass is 10.4. The zero-order valence-electron chi connectivity index (χ0n) is 10.9. The van der Waals surface area contributed by atoms with Crippen molar-refractivity contribution < 1.29 is 16.8 Å². The molecule has 0 heterocycles. The second-order valence-electron chi connectivity index (χ2n) is 3.77. The highest BCUT2D eigenvalue weighted by Crippen LogP contribution is 2.14. The predicted octanol–water partition coefficient (Wildman–Crippen LogP) is -0.356. The van der Waals surface area contributed by atoms with Crippen LogP contribution in [0.1, 0.15) is 6.92 Å². The molecule has 0 saturated heterocycles. The van der Waals surface area contributed by atoms with Crippen LogP contribution in [-0.2, 0) is 20.0 Å². The number of likely N-dealkylation sites (N-methyl/N-ethyl adjacent to an activating group) is 1. The summed E-state index contributed by atoms with van der Waals surface area (Å²) in [6.07, 6.45) is 0. The van der Waals surface area contributed by atoms with Gasteiger partial charge >= 0.3 is 0 Å². The molecule has 20 heavy (non-hydrogen) atoms. The van der Waals surface area contributed by atoms with Crippen molar-refractivity contribution in [2.24, 2.45) is 5.14 Å². The Kier molecular flexibility index (Phi) is 7.63. The van der Waals surface area contributed by atoms with Crippen LogP contribution in [0.2, 0.25) is 0 Å². The molecule has 1 aromatic carbocycles. The van der Waals surface area contributed by atoms with Crippen molar-refractivity contribution >= 4 is 32.5 Å². The van der Waals surface area contributed by atoms with Gasteiger partial charge in [-0.1, -0.05) is 13.0 Å². The van der Waals surface area contributed by atoms with Crippen molar-refractivity contribution in [3.8, 4) is 0 Å².